The van der Waals surface area contributed by atoms with Gasteiger partial charge in [-0.2, -0.15) is 9.97 Å². The van der Waals surface area contributed by atoms with E-state index in [1.165, 1.54) is 6.07 Å². The van der Waals surface area contributed by atoms with Crippen molar-refractivity contribution < 1.29 is 22.3 Å². The normalized spacial score (nSPS) is 26.4. The van der Waals surface area contributed by atoms with Crippen LogP contribution in [0.25, 0.3) is 11.2 Å². The van der Waals surface area contributed by atoms with E-state index in [1.807, 2.05) is 25.3 Å². The van der Waals surface area contributed by atoms with Crippen molar-refractivity contribution in [3.8, 4) is 0 Å². The summed E-state index contributed by atoms with van der Waals surface area (Å²) in [6, 6.07) is 3.08. The maximum absolute atomic E-state index is 14.3. The standard InChI is InChI=1S/C28H33ClF4N6O/c1-15-13-38(25-23-26(36-27(29)35-25)39(17(3)34-23)14-20-5-4-8-40-20)16(2)12-37(15)24(19-10-28(32,33)11-19)18-6-7-21(30)22(31)9-18/h6-7,9,15-16,19-20,24H,4-5,8,10-14H2,1-3H3/t15-,16+,20+,24?/m1/s1. The van der Waals surface area contributed by atoms with Gasteiger partial charge in [0.05, 0.1) is 12.6 Å². The first-order valence-corrected chi connectivity index (χ1v) is 14.3. The number of fused-ring (bicyclic) bond motifs is 1. The molecule has 3 fully saturated rings. The summed E-state index contributed by atoms with van der Waals surface area (Å²) in [5.41, 5.74) is 1.83. The number of imidazole rings is 1. The molecule has 3 aliphatic rings. The quantitative estimate of drug-likeness (QED) is 0.266. The lowest BCUT2D eigenvalue weighted by molar-refractivity contribution is -0.137. The number of anilines is 1. The Labute approximate surface area is 235 Å². The number of ether oxygens (including phenoxy) is 1. The average molecular weight is 581 g/mol. The number of nitrogens with zero attached hydrogens (tertiary/aromatic N) is 6. The second kappa shape index (κ2) is 10.4. The van der Waals surface area contributed by atoms with E-state index in [0.717, 1.165) is 37.4 Å². The Bertz CT molecular complexity index is 1410. The zero-order valence-electron chi connectivity index (χ0n) is 22.8. The van der Waals surface area contributed by atoms with Gasteiger partial charge in [-0.15, -0.1) is 0 Å². The Kier molecular flexibility index (Phi) is 7.19. The smallest absolute Gasteiger partial charge is 0.248 e. The van der Waals surface area contributed by atoms with Crippen molar-refractivity contribution in [2.24, 2.45) is 5.92 Å². The third-order valence-electron chi connectivity index (χ3n) is 8.67. The van der Waals surface area contributed by atoms with Gasteiger partial charge in [0.1, 0.15) is 5.82 Å². The molecule has 0 amide bonds. The Morgan fingerprint density at radius 1 is 1.07 bits per heavy atom. The molecule has 4 atom stereocenters. The van der Waals surface area contributed by atoms with Crippen LogP contribution in [0.1, 0.15) is 57.0 Å². The van der Waals surface area contributed by atoms with Crippen molar-refractivity contribution in [3.63, 3.8) is 0 Å². The van der Waals surface area contributed by atoms with Gasteiger partial charge in [-0.25, -0.2) is 22.5 Å². The van der Waals surface area contributed by atoms with Gasteiger partial charge in [0, 0.05) is 50.7 Å². The third kappa shape index (κ3) is 5.05. The van der Waals surface area contributed by atoms with E-state index in [2.05, 4.69) is 19.8 Å². The van der Waals surface area contributed by atoms with Gasteiger partial charge < -0.3 is 14.2 Å². The number of hydrogen-bond acceptors (Lipinski definition) is 6. The number of aromatic nitrogens is 4. The lowest BCUT2D eigenvalue weighted by Crippen LogP contribution is -2.59. The fourth-order valence-corrected chi connectivity index (χ4v) is 6.84. The summed E-state index contributed by atoms with van der Waals surface area (Å²) >= 11 is 6.44. The van der Waals surface area contributed by atoms with Crippen molar-refractivity contribution in [3.05, 3.63) is 46.5 Å². The Hall–Kier alpha value is -2.50. The van der Waals surface area contributed by atoms with Gasteiger partial charge in [0.25, 0.3) is 0 Å². The van der Waals surface area contributed by atoms with Gasteiger partial charge >= 0.3 is 0 Å². The lowest BCUT2D eigenvalue weighted by Gasteiger charge is -2.52. The molecule has 1 aliphatic carbocycles. The highest BCUT2D eigenvalue weighted by atomic mass is 35.5. The van der Waals surface area contributed by atoms with E-state index < -0.39 is 23.6 Å². The van der Waals surface area contributed by atoms with Gasteiger partial charge in [0.2, 0.25) is 11.2 Å². The fraction of sp³-hybridized carbons (Fsp3) is 0.607. The molecular formula is C28H33ClF4N6O. The Balaban J connectivity index is 1.31. The van der Waals surface area contributed by atoms with Gasteiger partial charge in [-0.3, -0.25) is 4.90 Å². The predicted molar refractivity (Wildman–Crippen MR) is 144 cm³/mol. The largest absolute Gasteiger partial charge is 0.376 e. The van der Waals surface area contributed by atoms with E-state index in [4.69, 9.17) is 21.3 Å². The maximum Gasteiger partial charge on any atom is 0.248 e. The van der Waals surface area contributed by atoms with E-state index in [9.17, 15) is 17.6 Å². The van der Waals surface area contributed by atoms with Crippen LogP contribution in [0.2, 0.25) is 5.28 Å². The van der Waals surface area contributed by atoms with Crippen LogP contribution >= 0.6 is 11.6 Å². The number of halogens is 5. The summed E-state index contributed by atoms with van der Waals surface area (Å²) in [6.07, 6.45) is 1.56. The average Bonchev–Trinajstić information content (AvgIpc) is 3.50. The molecule has 1 saturated carbocycles. The molecule has 40 heavy (non-hydrogen) atoms. The molecule has 216 valence electrons. The minimum absolute atomic E-state index is 0.0950. The molecule has 0 radical (unpaired) electrons. The molecule has 2 aromatic heterocycles. The SMILES string of the molecule is Cc1nc2c(N3C[C@@H](C)N(C(c4ccc(F)c(F)c4)C4CC(F)(F)C4)C[C@@H]3C)nc(Cl)nc2n1C[C@@H]1CCCO1. The lowest BCUT2D eigenvalue weighted by atomic mass is 9.73. The zero-order valence-corrected chi connectivity index (χ0v) is 23.5. The molecule has 4 heterocycles. The van der Waals surface area contributed by atoms with Crippen LogP contribution in [0.3, 0.4) is 0 Å². The summed E-state index contributed by atoms with van der Waals surface area (Å²) in [6.45, 7) is 8.39. The van der Waals surface area contributed by atoms with Crippen molar-refractivity contribution in [2.75, 3.05) is 24.6 Å². The Morgan fingerprint density at radius 2 is 1.85 bits per heavy atom. The third-order valence-corrected chi connectivity index (χ3v) is 8.84. The molecule has 1 unspecified atom stereocenters. The topological polar surface area (TPSA) is 59.3 Å². The maximum atomic E-state index is 14.3. The van der Waals surface area contributed by atoms with Crippen LogP contribution in [0, 0.1) is 24.5 Å². The number of piperazine rings is 1. The molecule has 1 aromatic carbocycles. The van der Waals surface area contributed by atoms with Crippen molar-refractivity contribution in [1.29, 1.82) is 0 Å². The van der Waals surface area contributed by atoms with Crippen LogP contribution in [0.5, 0.6) is 0 Å². The summed E-state index contributed by atoms with van der Waals surface area (Å²) in [5.74, 6) is -3.60. The molecule has 3 aromatic rings. The highest BCUT2D eigenvalue weighted by molar-refractivity contribution is 6.28. The predicted octanol–water partition coefficient (Wildman–Crippen LogP) is 5.93. The number of hydrogen-bond donors (Lipinski definition) is 0. The number of benzene rings is 1. The summed E-state index contributed by atoms with van der Waals surface area (Å²) in [5, 5.41) is 0.120. The molecule has 0 bridgehead atoms. The summed E-state index contributed by atoms with van der Waals surface area (Å²) in [7, 11) is 0. The number of aryl methyl sites for hydroxylation is 1. The van der Waals surface area contributed by atoms with Gasteiger partial charge in [0.15, 0.2) is 28.6 Å². The first-order valence-electron chi connectivity index (χ1n) is 13.9. The number of rotatable bonds is 6. The van der Waals surface area contributed by atoms with Crippen LogP contribution in [0.4, 0.5) is 23.4 Å². The summed E-state index contributed by atoms with van der Waals surface area (Å²) < 4.78 is 63.8. The fourth-order valence-electron chi connectivity index (χ4n) is 6.68. The highest BCUT2D eigenvalue weighted by Crippen LogP contribution is 2.51. The summed E-state index contributed by atoms with van der Waals surface area (Å²) in [4.78, 5) is 18.2. The van der Waals surface area contributed by atoms with Crippen molar-refractivity contribution in [2.45, 2.75) is 83.2 Å². The number of alkyl halides is 2. The molecule has 6 rings (SSSR count). The minimum Gasteiger partial charge on any atom is -0.376 e. The zero-order chi connectivity index (χ0) is 28.3. The first kappa shape index (κ1) is 27.7. The molecule has 0 N–H and O–H groups in total. The second-order valence-corrected chi connectivity index (χ2v) is 11.9. The van der Waals surface area contributed by atoms with Crippen molar-refractivity contribution >= 4 is 28.6 Å². The van der Waals surface area contributed by atoms with Crippen molar-refractivity contribution in [1.82, 2.24) is 24.4 Å². The van der Waals surface area contributed by atoms with Crippen LogP contribution in [-0.2, 0) is 11.3 Å². The van der Waals surface area contributed by atoms with Gasteiger partial charge in [-0.1, -0.05) is 6.07 Å². The Morgan fingerprint density at radius 3 is 2.52 bits per heavy atom. The highest BCUT2D eigenvalue weighted by Gasteiger charge is 2.51. The second-order valence-electron chi connectivity index (χ2n) is 11.6. The molecule has 7 nitrogen and oxygen atoms in total. The van der Waals surface area contributed by atoms with E-state index in [0.29, 0.717) is 42.2 Å². The van der Waals surface area contributed by atoms with E-state index >= 15 is 0 Å². The monoisotopic (exact) mass is 580 g/mol. The first-order chi connectivity index (χ1) is 19.0. The van der Waals surface area contributed by atoms with Crippen LogP contribution in [-0.4, -0.2) is 68.2 Å². The van der Waals surface area contributed by atoms with Crippen LogP contribution < -0.4 is 4.90 Å². The molecular weight excluding hydrogens is 548 g/mol. The minimum atomic E-state index is -2.73. The molecule has 2 saturated heterocycles. The van der Waals surface area contributed by atoms with Crippen LogP contribution in [0.15, 0.2) is 18.2 Å². The van der Waals surface area contributed by atoms with E-state index in [1.54, 1.807) is 0 Å². The van der Waals surface area contributed by atoms with E-state index in [-0.39, 0.29) is 42.2 Å². The molecule has 12 heteroatoms. The molecule has 0 spiro atoms. The molecule has 2 aliphatic heterocycles. The van der Waals surface area contributed by atoms with Gasteiger partial charge in [-0.05, 0) is 68.8 Å².